The highest BCUT2D eigenvalue weighted by atomic mass is 16.4. The minimum absolute atomic E-state index is 0.0185. The molecule has 1 N–H and O–H groups in total. The molecule has 0 amide bonds. The van der Waals surface area contributed by atoms with Crippen molar-refractivity contribution >= 4 is 21.9 Å². The standard InChI is InChI=1S/C24H13NO5/c26-22-13-7-2-4-10-16(13)30-24(28)20(22)18-19-17(14-8-5-11-25-21(14)18)12-6-1-3-9-15(12)29-23(19)27/h1-11,18,26H. The van der Waals surface area contributed by atoms with Gasteiger partial charge in [-0.05, 0) is 24.3 Å². The Morgan fingerprint density at radius 2 is 1.40 bits per heavy atom. The summed E-state index contributed by atoms with van der Waals surface area (Å²) >= 11 is 0. The molecular weight excluding hydrogens is 382 g/mol. The quantitative estimate of drug-likeness (QED) is 0.420. The number of pyridine rings is 1. The van der Waals surface area contributed by atoms with Crippen LogP contribution < -0.4 is 11.3 Å². The maximum atomic E-state index is 13.1. The van der Waals surface area contributed by atoms with Gasteiger partial charge in [-0.15, -0.1) is 0 Å². The molecule has 3 heterocycles. The normalized spacial score (nSPS) is 14.7. The van der Waals surface area contributed by atoms with Crippen LogP contribution >= 0.6 is 0 Å². The minimum atomic E-state index is -0.891. The molecule has 0 fully saturated rings. The zero-order valence-electron chi connectivity index (χ0n) is 15.5. The van der Waals surface area contributed by atoms with Gasteiger partial charge in [-0.2, -0.15) is 0 Å². The number of aromatic hydroxyl groups is 1. The van der Waals surface area contributed by atoms with Gasteiger partial charge in [0.2, 0.25) is 0 Å². The second-order valence-corrected chi connectivity index (χ2v) is 7.19. The molecule has 30 heavy (non-hydrogen) atoms. The van der Waals surface area contributed by atoms with Gasteiger partial charge in [-0.1, -0.05) is 36.4 Å². The lowest BCUT2D eigenvalue weighted by Crippen LogP contribution is -2.19. The van der Waals surface area contributed by atoms with Crippen LogP contribution in [0.4, 0.5) is 0 Å². The van der Waals surface area contributed by atoms with Crippen molar-refractivity contribution in [2.24, 2.45) is 0 Å². The zero-order chi connectivity index (χ0) is 20.4. The van der Waals surface area contributed by atoms with E-state index in [2.05, 4.69) is 4.98 Å². The molecule has 6 heteroatoms. The van der Waals surface area contributed by atoms with Crippen LogP contribution in [0.25, 0.3) is 33.1 Å². The first-order valence-electron chi connectivity index (χ1n) is 9.41. The molecule has 1 aliphatic rings. The van der Waals surface area contributed by atoms with Gasteiger partial charge in [0, 0.05) is 22.7 Å². The summed E-state index contributed by atoms with van der Waals surface area (Å²) in [7, 11) is 0. The van der Waals surface area contributed by atoms with Crippen molar-refractivity contribution in [2.45, 2.75) is 5.92 Å². The highest BCUT2D eigenvalue weighted by molar-refractivity contribution is 5.99. The van der Waals surface area contributed by atoms with E-state index in [1.807, 2.05) is 18.2 Å². The maximum Gasteiger partial charge on any atom is 0.344 e. The Hall–Kier alpha value is -4.19. The van der Waals surface area contributed by atoms with Crippen LogP contribution in [0.1, 0.15) is 22.7 Å². The summed E-state index contributed by atoms with van der Waals surface area (Å²) < 4.78 is 11.0. The summed E-state index contributed by atoms with van der Waals surface area (Å²) in [6.07, 6.45) is 1.60. The monoisotopic (exact) mass is 395 g/mol. The number of hydrogen-bond acceptors (Lipinski definition) is 6. The van der Waals surface area contributed by atoms with Crippen LogP contribution in [-0.4, -0.2) is 10.1 Å². The van der Waals surface area contributed by atoms with Crippen LogP contribution in [0.5, 0.6) is 5.75 Å². The number of fused-ring (bicyclic) bond motifs is 6. The van der Waals surface area contributed by atoms with E-state index in [1.165, 1.54) is 0 Å². The molecule has 0 saturated carbocycles. The molecule has 6 rings (SSSR count). The first-order chi connectivity index (χ1) is 14.6. The Bertz CT molecular complexity index is 1610. The second kappa shape index (κ2) is 5.90. The van der Waals surface area contributed by atoms with Crippen LogP contribution in [-0.2, 0) is 0 Å². The van der Waals surface area contributed by atoms with Crippen molar-refractivity contribution in [1.82, 2.24) is 4.98 Å². The topological polar surface area (TPSA) is 93.5 Å². The molecule has 3 aromatic heterocycles. The summed E-state index contributed by atoms with van der Waals surface area (Å²) in [5.74, 6) is -1.11. The van der Waals surface area contributed by atoms with Crippen molar-refractivity contribution in [2.75, 3.05) is 0 Å². The number of nitrogens with zero attached hydrogens (tertiary/aromatic N) is 1. The molecule has 0 spiro atoms. The summed E-state index contributed by atoms with van der Waals surface area (Å²) in [6.45, 7) is 0. The Morgan fingerprint density at radius 1 is 0.767 bits per heavy atom. The van der Waals surface area contributed by atoms with Crippen molar-refractivity contribution in [3.05, 3.63) is 105 Å². The zero-order valence-corrected chi connectivity index (χ0v) is 15.5. The molecule has 6 nitrogen and oxygen atoms in total. The average Bonchev–Trinajstić information content (AvgIpc) is 3.10. The van der Waals surface area contributed by atoms with Crippen molar-refractivity contribution in [3.63, 3.8) is 0 Å². The third-order valence-electron chi connectivity index (χ3n) is 5.63. The molecule has 0 bridgehead atoms. The van der Waals surface area contributed by atoms with E-state index >= 15 is 0 Å². The van der Waals surface area contributed by atoms with E-state index in [1.54, 1.807) is 48.7 Å². The maximum absolute atomic E-state index is 13.1. The van der Waals surface area contributed by atoms with E-state index in [-0.39, 0.29) is 22.5 Å². The van der Waals surface area contributed by atoms with Crippen molar-refractivity contribution in [3.8, 4) is 16.9 Å². The highest BCUT2D eigenvalue weighted by Gasteiger charge is 2.39. The van der Waals surface area contributed by atoms with Gasteiger partial charge in [0.05, 0.1) is 28.1 Å². The SMILES string of the molecule is O=c1oc2ccccc2c(O)c1C1c2ncccc2-c2c1c(=O)oc1ccccc21. The van der Waals surface area contributed by atoms with Gasteiger partial charge in [-0.25, -0.2) is 9.59 Å². The van der Waals surface area contributed by atoms with Gasteiger partial charge in [-0.3, -0.25) is 4.98 Å². The van der Waals surface area contributed by atoms with E-state index in [0.29, 0.717) is 22.2 Å². The molecule has 2 aromatic carbocycles. The smallest absolute Gasteiger partial charge is 0.344 e. The molecule has 1 aliphatic carbocycles. The van der Waals surface area contributed by atoms with Crippen LogP contribution in [0.2, 0.25) is 0 Å². The van der Waals surface area contributed by atoms with Crippen molar-refractivity contribution < 1.29 is 13.9 Å². The van der Waals surface area contributed by atoms with Gasteiger partial charge in [0.15, 0.2) is 0 Å². The van der Waals surface area contributed by atoms with Crippen molar-refractivity contribution in [1.29, 1.82) is 0 Å². The van der Waals surface area contributed by atoms with E-state index in [9.17, 15) is 14.7 Å². The molecule has 0 saturated heterocycles. The Labute approximate surface area is 168 Å². The average molecular weight is 395 g/mol. The molecule has 1 unspecified atom stereocenters. The van der Waals surface area contributed by atoms with E-state index in [0.717, 1.165) is 10.9 Å². The van der Waals surface area contributed by atoms with Crippen LogP contribution in [0.3, 0.4) is 0 Å². The molecule has 0 aliphatic heterocycles. The second-order valence-electron chi connectivity index (χ2n) is 7.19. The molecule has 144 valence electrons. The molecular formula is C24H13NO5. The van der Waals surface area contributed by atoms with E-state index in [4.69, 9.17) is 8.83 Å². The predicted molar refractivity (Wildman–Crippen MR) is 111 cm³/mol. The predicted octanol–water partition coefficient (Wildman–Crippen LogP) is 4.16. The van der Waals surface area contributed by atoms with Crippen LogP contribution in [0, 0.1) is 0 Å². The lowest BCUT2D eigenvalue weighted by molar-refractivity contribution is 0.454. The number of rotatable bonds is 1. The Morgan fingerprint density at radius 3 is 2.17 bits per heavy atom. The third kappa shape index (κ3) is 2.10. The van der Waals surface area contributed by atoms with Crippen LogP contribution in [0.15, 0.2) is 85.3 Å². The molecule has 0 radical (unpaired) electrons. The lowest BCUT2D eigenvalue weighted by atomic mass is 9.92. The van der Waals surface area contributed by atoms with Gasteiger partial charge in [0.1, 0.15) is 16.9 Å². The van der Waals surface area contributed by atoms with Gasteiger partial charge >= 0.3 is 11.3 Å². The summed E-state index contributed by atoms with van der Waals surface area (Å²) in [5, 5.41) is 12.2. The highest BCUT2D eigenvalue weighted by Crippen LogP contribution is 2.49. The van der Waals surface area contributed by atoms with Gasteiger partial charge in [0.25, 0.3) is 0 Å². The summed E-state index contributed by atoms with van der Waals surface area (Å²) in [6, 6.07) is 17.6. The number of benzene rings is 2. The lowest BCUT2D eigenvalue weighted by Gasteiger charge is -2.13. The first kappa shape index (κ1) is 16.7. The fourth-order valence-corrected chi connectivity index (χ4v) is 4.40. The van der Waals surface area contributed by atoms with E-state index < -0.39 is 17.2 Å². The first-order valence-corrected chi connectivity index (χ1v) is 9.41. The third-order valence-corrected chi connectivity index (χ3v) is 5.63. The fourth-order valence-electron chi connectivity index (χ4n) is 4.40. The fraction of sp³-hybridized carbons (Fsp3) is 0.0417. The number of para-hydroxylation sites is 2. The Kier molecular flexibility index (Phi) is 3.29. The Balaban J connectivity index is 1.79. The van der Waals surface area contributed by atoms with Gasteiger partial charge < -0.3 is 13.9 Å². The molecule has 5 aromatic rings. The number of aromatic nitrogens is 1. The largest absolute Gasteiger partial charge is 0.507 e. The summed E-state index contributed by atoms with van der Waals surface area (Å²) in [4.78, 5) is 30.5. The minimum Gasteiger partial charge on any atom is -0.507 e. The molecule has 1 atom stereocenters. The summed E-state index contributed by atoms with van der Waals surface area (Å²) in [5.41, 5.74) is 1.60. The number of hydrogen-bond donors (Lipinski definition) is 1.